The summed E-state index contributed by atoms with van der Waals surface area (Å²) in [5.41, 5.74) is 1.38. The van der Waals surface area contributed by atoms with E-state index in [4.69, 9.17) is 5.26 Å². The zero-order valence-corrected chi connectivity index (χ0v) is 12.0. The van der Waals surface area contributed by atoms with Crippen LogP contribution in [0.3, 0.4) is 0 Å². The predicted molar refractivity (Wildman–Crippen MR) is 75.2 cm³/mol. The lowest BCUT2D eigenvalue weighted by Crippen LogP contribution is -2.32. The van der Waals surface area contributed by atoms with Crippen molar-refractivity contribution in [3.63, 3.8) is 0 Å². The van der Waals surface area contributed by atoms with Gasteiger partial charge in [0.05, 0.1) is 12.1 Å². The molecule has 1 rings (SSSR count). The number of amides is 1. The lowest BCUT2D eigenvalue weighted by Gasteiger charge is -2.09. The second-order valence-electron chi connectivity index (χ2n) is 4.36. The SMILES string of the molecule is CC(C)CNC(=O)CNc1ccc(C#N)c(Br)c1. The van der Waals surface area contributed by atoms with Crippen molar-refractivity contribution in [2.75, 3.05) is 18.4 Å². The molecule has 0 aliphatic heterocycles. The van der Waals surface area contributed by atoms with Crippen molar-refractivity contribution in [1.82, 2.24) is 5.32 Å². The Hall–Kier alpha value is -1.54. The number of hydrogen-bond acceptors (Lipinski definition) is 3. The van der Waals surface area contributed by atoms with Crippen molar-refractivity contribution in [2.45, 2.75) is 13.8 Å². The number of carbonyl (C=O) groups excluding carboxylic acids is 1. The summed E-state index contributed by atoms with van der Waals surface area (Å²) in [5.74, 6) is 0.405. The molecule has 0 aliphatic carbocycles. The van der Waals surface area contributed by atoms with Gasteiger partial charge in [-0.05, 0) is 40.0 Å². The summed E-state index contributed by atoms with van der Waals surface area (Å²) in [7, 11) is 0. The van der Waals surface area contributed by atoms with Gasteiger partial charge >= 0.3 is 0 Å². The number of anilines is 1. The zero-order valence-electron chi connectivity index (χ0n) is 10.5. The van der Waals surface area contributed by atoms with Crippen LogP contribution in [0.4, 0.5) is 5.69 Å². The first-order valence-electron chi connectivity index (χ1n) is 5.73. The molecule has 1 amide bonds. The molecule has 2 N–H and O–H groups in total. The highest BCUT2D eigenvalue weighted by molar-refractivity contribution is 9.10. The van der Waals surface area contributed by atoms with Gasteiger partial charge in [-0.15, -0.1) is 0 Å². The smallest absolute Gasteiger partial charge is 0.239 e. The third kappa shape index (κ3) is 4.76. The minimum Gasteiger partial charge on any atom is -0.376 e. The molecule has 96 valence electrons. The summed E-state index contributed by atoms with van der Waals surface area (Å²) in [5, 5.41) is 14.6. The fraction of sp³-hybridized carbons (Fsp3) is 0.385. The average molecular weight is 310 g/mol. The molecule has 5 heteroatoms. The van der Waals surface area contributed by atoms with E-state index in [0.717, 1.165) is 10.2 Å². The maximum Gasteiger partial charge on any atom is 0.239 e. The van der Waals surface area contributed by atoms with E-state index in [2.05, 4.69) is 32.6 Å². The zero-order chi connectivity index (χ0) is 13.5. The van der Waals surface area contributed by atoms with Crippen molar-refractivity contribution >= 4 is 27.5 Å². The molecule has 1 aromatic carbocycles. The second kappa shape index (κ2) is 7.02. The van der Waals surface area contributed by atoms with Gasteiger partial charge in [0.1, 0.15) is 6.07 Å². The Morgan fingerprint density at radius 3 is 2.78 bits per heavy atom. The molecule has 0 fully saturated rings. The van der Waals surface area contributed by atoms with Crippen molar-refractivity contribution < 1.29 is 4.79 Å². The van der Waals surface area contributed by atoms with E-state index in [1.807, 2.05) is 13.8 Å². The van der Waals surface area contributed by atoms with Crippen molar-refractivity contribution in [2.24, 2.45) is 5.92 Å². The van der Waals surface area contributed by atoms with Crippen LogP contribution in [-0.2, 0) is 4.79 Å². The highest BCUT2D eigenvalue weighted by Gasteiger charge is 2.04. The summed E-state index contributed by atoms with van der Waals surface area (Å²) in [4.78, 5) is 11.5. The van der Waals surface area contributed by atoms with Crippen LogP contribution in [0.25, 0.3) is 0 Å². The highest BCUT2D eigenvalue weighted by atomic mass is 79.9. The summed E-state index contributed by atoms with van der Waals surface area (Å²) < 4.78 is 0.720. The van der Waals surface area contributed by atoms with Crippen molar-refractivity contribution in [1.29, 1.82) is 5.26 Å². The second-order valence-corrected chi connectivity index (χ2v) is 5.21. The van der Waals surface area contributed by atoms with Crippen LogP contribution in [0.15, 0.2) is 22.7 Å². The Kier molecular flexibility index (Phi) is 5.66. The number of rotatable bonds is 5. The number of nitrogens with one attached hydrogen (secondary N) is 2. The number of halogens is 1. The molecule has 0 spiro atoms. The van der Waals surface area contributed by atoms with E-state index in [1.165, 1.54) is 0 Å². The monoisotopic (exact) mass is 309 g/mol. The third-order valence-corrected chi connectivity index (χ3v) is 2.91. The first-order chi connectivity index (χ1) is 8.52. The van der Waals surface area contributed by atoms with Gasteiger partial charge in [-0.3, -0.25) is 4.79 Å². The first-order valence-corrected chi connectivity index (χ1v) is 6.52. The van der Waals surface area contributed by atoms with E-state index < -0.39 is 0 Å². The molecule has 4 nitrogen and oxygen atoms in total. The number of benzene rings is 1. The van der Waals surface area contributed by atoms with Crippen LogP contribution >= 0.6 is 15.9 Å². The summed E-state index contributed by atoms with van der Waals surface area (Å²) in [6.07, 6.45) is 0. The van der Waals surface area contributed by atoms with Gasteiger partial charge in [0.25, 0.3) is 0 Å². The molecule has 1 aromatic rings. The Balaban J connectivity index is 2.47. The van der Waals surface area contributed by atoms with Crippen molar-refractivity contribution in [3.05, 3.63) is 28.2 Å². The quantitative estimate of drug-likeness (QED) is 0.878. The third-order valence-electron chi connectivity index (χ3n) is 2.25. The normalized spacial score (nSPS) is 9.94. The van der Waals surface area contributed by atoms with E-state index in [1.54, 1.807) is 18.2 Å². The maximum atomic E-state index is 11.5. The van der Waals surface area contributed by atoms with Crippen LogP contribution in [0, 0.1) is 17.2 Å². The van der Waals surface area contributed by atoms with E-state index >= 15 is 0 Å². The molecule has 0 radical (unpaired) electrons. The van der Waals surface area contributed by atoms with E-state index in [9.17, 15) is 4.79 Å². The van der Waals surface area contributed by atoms with Gasteiger partial charge in [-0.25, -0.2) is 0 Å². The lowest BCUT2D eigenvalue weighted by atomic mass is 10.2. The first kappa shape index (κ1) is 14.5. The van der Waals surface area contributed by atoms with Gasteiger partial charge in [-0.1, -0.05) is 13.8 Å². The van der Waals surface area contributed by atoms with Gasteiger partial charge in [-0.2, -0.15) is 5.26 Å². The Bertz CT molecular complexity index is 466. The van der Waals surface area contributed by atoms with Crippen LogP contribution in [0.2, 0.25) is 0 Å². The molecular weight excluding hydrogens is 294 g/mol. The number of nitrogens with zero attached hydrogens (tertiary/aromatic N) is 1. The molecule has 0 atom stereocenters. The Morgan fingerprint density at radius 1 is 1.50 bits per heavy atom. The summed E-state index contributed by atoms with van der Waals surface area (Å²) in [6, 6.07) is 7.34. The molecule has 0 aliphatic rings. The molecule has 0 saturated carbocycles. The predicted octanol–water partition coefficient (Wildman–Crippen LogP) is 2.50. The minimum absolute atomic E-state index is 0.0378. The largest absolute Gasteiger partial charge is 0.376 e. The van der Waals surface area contributed by atoms with Crippen LogP contribution < -0.4 is 10.6 Å². The number of hydrogen-bond donors (Lipinski definition) is 2. The van der Waals surface area contributed by atoms with E-state index in [-0.39, 0.29) is 12.5 Å². The highest BCUT2D eigenvalue weighted by Crippen LogP contribution is 2.20. The van der Waals surface area contributed by atoms with Crippen LogP contribution in [-0.4, -0.2) is 19.0 Å². The molecule has 0 saturated heterocycles. The average Bonchev–Trinajstić information content (AvgIpc) is 2.34. The lowest BCUT2D eigenvalue weighted by molar-refractivity contribution is -0.119. The summed E-state index contributed by atoms with van der Waals surface area (Å²) >= 11 is 3.30. The molecule has 0 heterocycles. The standard InChI is InChI=1S/C13H16BrN3O/c1-9(2)7-17-13(18)8-16-11-4-3-10(6-15)12(14)5-11/h3-5,9,16H,7-8H2,1-2H3,(H,17,18). The molecule has 0 aromatic heterocycles. The molecule has 0 bridgehead atoms. The fourth-order valence-electron chi connectivity index (χ4n) is 1.28. The maximum absolute atomic E-state index is 11.5. The van der Waals surface area contributed by atoms with Gasteiger partial charge in [0.15, 0.2) is 0 Å². The van der Waals surface area contributed by atoms with Crippen LogP contribution in [0.5, 0.6) is 0 Å². The fourth-order valence-corrected chi connectivity index (χ4v) is 1.75. The molecule has 18 heavy (non-hydrogen) atoms. The Morgan fingerprint density at radius 2 is 2.22 bits per heavy atom. The van der Waals surface area contributed by atoms with Gasteiger partial charge < -0.3 is 10.6 Å². The minimum atomic E-state index is -0.0378. The Labute approximate surface area is 116 Å². The summed E-state index contributed by atoms with van der Waals surface area (Å²) in [6.45, 7) is 5.00. The van der Waals surface area contributed by atoms with Crippen molar-refractivity contribution in [3.8, 4) is 6.07 Å². The van der Waals surface area contributed by atoms with E-state index in [0.29, 0.717) is 18.0 Å². The molecule has 0 unspecified atom stereocenters. The number of carbonyl (C=O) groups is 1. The van der Waals surface area contributed by atoms with Gasteiger partial charge in [0.2, 0.25) is 5.91 Å². The van der Waals surface area contributed by atoms with Gasteiger partial charge in [0, 0.05) is 16.7 Å². The number of nitriles is 1. The molecular formula is C13H16BrN3O. The van der Waals surface area contributed by atoms with Crippen LogP contribution in [0.1, 0.15) is 19.4 Å². The topological polar surface area (TPSA) is 64.9 Å².